The number of hydrogen-bond donors (Lipinski definition) is 0. The fourth-order valence-corrected chi connectivity index (χ4v) is 3.19. The summed E-state index contributed by atoms with van der Waals surface area (Å²) in [5.74, 6) is -4.05. The standard InChI is InChI=1S/C19H12ClF3N4O2/c1-26-8-24-15(17(26)20)10-3-4-11(21)14(22)13(10)16-18(23)27-6-5-9(19(28)29-2)7-12(27)25-16/h3-8H,1-2H3. The Hall–Kier alpha value is -3.33. The van der Waals surface area contributed by atoms with Crippen LogP contribution >= 0.6 is 11.6 Å². The Labute approximate surface area is 167 Å². The molecule has 0 bridgehead atoms. The maximum atomic E-state index is 15.1. The zero-order valence-corrected chi connectivity index (χ0v) is 15.8. The molecule has 0 fully saturated rings. The lowest BCUT2D eigenvalue weighted by atomic mass is 10.0. The highest BCUT2D eigenvalue weighted by Gasteiger charge is 2.26. The quantitative estimate of drug-likeness (QED) is 0.465. The maximum Gasteiger partial charge on any atom is 0.338 e. The molecule has 4 aromatic rings. The van der Waals surface area contributed by atoms with E-state index in [0.29, 0.717) is 0 Å². The number of pyridine rings is 1. The molecule has 148 valence electrons. The number of carbonyl (C=O) groups is 1. The highest BCUT2D eigenvalue weighted by atomic mass is 35.5. The van der Waals surface area contributed by atoms with Crippen molar-refractivity contribution < 1.29 is 22.7 Å². The topological polar surface area (TPSA) is 61.4 Å². The van der Waals surface area contributed by atoms with Crippen molar-refractivity contribution in [3.63, 3.8) is 0 Å². The zero-order chi connectivity index (χ0) is 20.9. The highest BCUT2D eigenvalue weighted by molar-refractivity contribution is 6.32. The van der Waals surface area contributed by atoms with Crippen LogP contribution in [0.5, 0.6) is 0 Å². The van der Waals surface area contributed by atoms with E-state index in [9.17, 15) is 13.6 Å². The molecule has 0 aliphatic rings. The predicted molar refractivity (Wildman–Crippen MR) is 99.1 cm³/mol. The van der Waals surface area contributed by atoms with Crippen molar-refractivity contribution in [2.24, 2.45) is 7.05 Å². The largest absolute Gasteiger partial charge is 0.465 e. The smallest absolute Gasteiger partial charge is 0.338 e. The molecule has 0 atom stereocenters. The van der Waals surface area contributed by atoms with Crippen LogP contribution in [0.1, 0.15) is 10.4 Å². The van der Waals surface area contributed by atoms with Crippen molar-refractivity contribution >= 4 is 23.2 Å². The molecule has 0 aliphatic heterocycles. The van der Waals surface area contributed by atoms with Crippen molar-refractivity contribution in [1.29, 1.82) is 0 Å². The van der Waals surface area contributed by atoms with E-state index in [0.717, 1.165) is 10.5 Å². The van der Waals surface area contributed by atoms with Crippen LogP contribution in [0.3, 0.4) is 0 Å². The summed E-state index contributed by atoms with van der Waals surface area (Å²) < 4.78 is 51.0. The number of imidazole rings is 2. The van der Waals surface area contributed by atoms with E-state index in [-0.39, 0.29) is 27.6 Å². The highest BCUT2D eigenvalue weighted by Crippen LogP contribution is 2.38. The number of benzene rings is 1. The zero-order valence-electron chi connectivity index (χ0n) is 15.1. The summed E-state index contributed by atoms with van der Waals surface area (Å²) in [6.07, 6.45) is 2.64. The summed E-state index contributed by atoms with van der Waals surface area (Å²) in [7, 11) is 2.83. The molecule has 0 N–H and O–H groups in total. The van der Waals surface area contributed by atoms with Crippen molar-refractivity contribution in [1.82, 2.24) is 18.9 Å². The number of carbonyl (C=O) groups excluding carboxylic acids is 1. The second kappa shape index (κ2) is 6.93. The van der Waals surface area contributed by atoms with Gasteiger partial charge in [-0.25, -0.2) is 23.5 Å². The summed E-state index contributed by atoms with van der Waals surface area (Å²) in [5.41, 5.74) is -0.502. The minimum absolute atomic E-state index is 0.0159. The lowest BCUT2D eigenvalue weighted by Gasteiger charge is -2.08. The third-order valence-electron chi connectivity index (χ3n) is 4.44. The van der Waals surface area contributed by atoms with Crippen LogP contribution in [-0.4, -0.2) is 32.0 Å². The van der Waals surface area contributed by atoms with Gasteiger partial charge in [0.15, 0.2) is 11.6 Å². The first-order valence-corrected chi connectivity index (χ1v) is 8.62. The van der Waals surface area contributed by atoms with Gasteiger partial charge in [0.1, 0.15) is 22.2 Å². The van der Waals surface area contributed by atoms with Crippen LogP contribution in [0.15, 0.2) is 36.8 Å². The van der Waals surface area contributed by atoms with Gasteiger partial charge in [0.2, 0.25) is 5.95 Å². The molecule has 0 aliphatic carbocycles. The van der Waals surface area contributed by atoms with Crippen molar-refractivity contribution in [2.75, 3.05) is 7.11 Å². The van der Waals surface area contributed by atoms with Gasteiger partial charge in [-0.1, -0.05) is 11.6 Å². The fourth-order valence-electron chi connectivity index (χ4n) is 2.99. The molecule has 29 heavy (non-hydrogen) atoms. The third-order valence-corrected chi connectivity index (χ3v) is 4.89. The fraction of sp³-hybridized carbons (Fsp3) is 0.105. The average Bonchev–Trinajstić information content (AvgIpc) is 3.22. The lowest BCUT2D eigenvalue weighted by Crippen LogP contribution is -2.02. The Balaban J connectivity index is 2.00. The van der Waals surface area contributed by atoms with Gasteiger partial charge in [-0.05, 0) is 24.3 Å². The van der Waals surface area contributed by atoms with Crippen LogP contribution in [0.4, 0.5) is 13.2 Å². The van der Waals surface area contributed by atoms with Crippen molar-refractivity contribution in [2.45, 2.75) is 0 Å². The second-order valence-electron chi connectivity index (χ2n) is 6.17. The number of aryl methyl sites for hydroxylation is 1. The summed E-state index contributed by atoms with van der Waals surface area (Å²) >= 11 is 6.20. The van der Waals surface area contributed by atoms with E-state index < -0.39 is 34.8 Å². The molecule has 0 saturated heterocycles. The van der Waals surface area contributed by atoms with Gasteiger partial charge in [0.25, 0.3) is 0 Å². The molecule has 0 radical (unpaired) electrons. The molecule has 3 heterocycles. The predicted octanol–water partition coefficient (Wildman–Crippen LogP) is 4.26. The molecule has 0 amide bonds. The van der Waals surface area contributed by atoms with E-state index in [1.54, 1.807) is 7.05 Å². The summed E-state index contributed by atoms with van der Waals surface area (Å²) in [5, 5.41) is 0.161. The number of nitrogens with zero attached hydrogens (tertiary/aromatic N) is 4. The van der Waals surface area contributed by atoms with Crippen LogP contribution in [0.25, 0.3) is 28.2 Å². The summed E-state index contributed by atoms with van der Waals surface area (Å²) in [4.78, 5) is 19.9. The number of aromatic nitrogens is 4. The van der Waals surface area contributed by atoms with Gasteiger partial charge >= 0.3 is 5.97 Å². The lowest BCUT2D eigenvalue weighted by molar-refractivity contribution is 0.0600. The summed E-state index contributed by atoms with van der Waals surface area (Å²) in [6, 6.07) is 4.77. The Bertz CT molecular complexity index is 1280. The van der Waals surface area contributed by atoms with E-state index >= 15 is 4.39 Å². The number of halogens is 4. The molecule has 0 saturated carbocycles. The first-order chi connectivity index (χ1) is 13.8. The van der Waals surface area contributed by atoms with Crippen LogP contribution in [0, 0.1) is 17.6 Å². The molecule has 6 nitrogen and oxygen atoms in total. The monoisotopic (exact) mass is 420 g/mol. The van der Waals surface area contributed by atoms with Crippen molar-refractivity contribution in [3.8, 4) is 22.5 Å². The average molecular weight is 421 g/mol. The minimum Gasteiger partial charge on any atom is -0.465 e. The van der Waals surface area contributed by atoms with Gasteiger partial charge < -0.3 is 9.30 Å². The van der Waals surface area contributed by atoms with Crippen LogP contribution < -0.4 is 0 Å². The van der Waals surface area contributed by atoms with E-state index in [1.165, 1.54) is 42.4 Å². The molecule has 1 aromatic carbocycles. The number of fused-ring (bicyclic) bond motifs is 1. The molecule has 10 heteroatoms. The van der Waals surface area contributed by atoms with Gasteiger partial charge in [-0.15, -0.1) is 0 Å². The molecule has 4 rings (SSSR count). The SMILES string of the molecule is COC(=O)c1ccn2c(F)c(-c3c(-c4ncn(C)c4Cl)ccc(F)c3F)nc2c1. The van der Waals surface area contributed by atoms with E-state index in [4.69, 9.17) is 11.6 Å². The Morgan fingerprint density at radius 3 is 2.59 bits per heavy atom. The normalized spacial score (nSPS) is 11.2. The molecule has 3 aromatic heterocycles. The first-order valence-electron chi connectivity index (χ1n) is 8.25. The van der Waals surface area contributed by atoms with Crippen LogP contribution in [-0.2, 0) is 11.8 Å². The third kappa shape index (κ3) is 2.94. The maximum absolute atomic E-state index is 15.1. The van der Waals surface area contributed by atoms with Gasteiger partial charge in [0, 0.05) is 18.8 Å². The van der Waals surface area contributed by atoms with E-state index in [1.807, 2.05) is 0 Å². The number of rotatable bonds is 3. The minimum atomic E-state index is -1.29. The Kier molecular flexibility index (Phi) is 4.54. The molecule has 0 spiro atoms. The van der Waals surface area contributed by atoms with E-state index in [2.05, 4.69) is 14.7 Å². The molecular weight excluding hydrogens is 409 g/mol. The first kappa shape index (κ1) is 19.0. The molecule has 0 unspecified atom stereocenters. The van der Waals surface area contributed by atoms with Crippen LogP contribution in [0.2, 0.25) is 5.15 Å². The summed E-state index contributed by atoms with van der Waals surface area (Å²) in [6.45, 7) is 0. The number of methoxy groups -OCH3 is 1. The Morgan fingerprint density at radius 2 is 1.93 bits per heavy atom. The van der Waals surface area contributed by atoms with Gasteiger partial charge in [-0.2, -0.15) is 4.39 Å². The number of hydrogen-bond acceptors (Lipinski definition) is 4. The van der Waals surface area contributed by atoms with Crippen molar-refractivity contribution in [3.05, 3.63) is 65.1 Å². The second-order valence-corrected chi connectivity index (χ2v) is 6.52. The Morgan fingerprint density at radius 1 is 1.17 bits per heavy atom. The number of esters is 1. The number of ether oxygens (including phenoxy) is 1. The van der Waals surface area contributed by atoms with Gasteiger partial charge in [0.05, 0.1) is 24.6 Å². The van der Waals surface area contributed by atoms with Gasteiger partial charge in [-0.3, -0.25) is 4.40 Å². The molecular formula is C19H12ClF3N4O2.